The lowest BCUT2D eigenvalue weighted by molar-refractivity contribution is -0.217. The number of para-hydroxylation sites is 1. The van der Waals surface area contributed by atoms with Gasteiger partial charge in [0.15, 0.2) is 0 Å². The van der Waals surface area contributed by atoms with Crippen LogP contribution in [0.15, 0.2) is 42.5 Å². The molecule has 24 heavy (non-hydrogen) atoms. The molecule has 5 rings (SSSR count). The average Bonchev–Trinajstić information content (AvgIpc) is 2.45. The summed E-state index contributed by atoms with van der Waals surface area (Å²) in [6.45, 7) is 5.31. The Morgan fingerprint density at radius 1 is 1.17 bits per heavy atom. The number of aromatic hydroxyl groups is 1. The lowest BCUT2D eigenvalue weighted by atomic mass is 9.52. The molecule has 130 valence electrons. The minimum Gasteiger partial charge on any atom is -0.508 e. The van der Waals surface area contributed by atoms with Crippen molar-refractivity contribution < 1.29 is 19.7 Å². The highest BCUT2D eigenvalue weighted by atomic mass is 16.6. The van der Waals surface area contributed by atoms with Gasteiger partial charge in [0.2, 0.25) is 0 Å². The van der Waals surface area contributed by atoms with Gasteiger partial charge in [-0.05, 0) is 63.0 Å². The van der Waals surface area contributed by atoms with E-state index in [0.717, 1.165) is 25.7 Å². The van der Waals surface area contributed by atoms with Gasteiger partial charge in [-0.15, -0.1) is 0 Å². The number of hydrogen-bond donors (Lipinski definition) is 2. The number of benzene rings is 1. The molecule has 0 radical (unpaired) electrons. The molecule has 0 saturated heterocycles. The van der Waals surface area contributed by atoms with Crippen molar-refractivity contribution in [2.24, 2.45) is 11.8 Å². The molecule has 4 aliphatic carbocycles. The normalized spacial score (nSPS) is 35.8. The van der Waals surface area contributed by atoms with Gasteiger partial charge in [-0.2, -0.15) is 0 Å². The zero-order chi connectivity index (χ0) is 17.4. The van der Waals surface area contributed by atoms with Crippen molar-refractivity contribution >= 4 is 5.97 Å². The molecule has 4 saturated carbocycles. The van der Waals surface area contributed by atoms with E-state index < -0.39 is 11.2 Å². The Kier molecular flexibility index (Phi) is 4.43. The van der Waals surface area contributed by atoms with Crippen LogP contribution in [-0.4, -0.2) is 27.4 Å². The maximum absolute atomic E-state index is 11.7. The SMILES string of the molecule is C=C(C)C(=O)OC12CC3CC(CC(O)(C3)C1)C2.Oc1ccccc1. The third kappa shape index (κ3) is 3.64. The Balaban J connectivity index is 0.000000203. The van der Waals surface area contributed by atoms with Crippen LogP contribution < -0.4 is 0 Å². The van der Waals surface area contributed by atoms with Crippen molar-refractivity contribution in [3.05, 3.63) is 42.5 Å². The Morgan fingerprint density at radius 2 is 1.75 bits per heavy atom. The van der Waals surface area contributed by atoms with Crippen LogP contribution in [-0.2, 0) is 9.53 Å². The number of carbonyl (C=O) groups excluding carboxylic acids is 1. The van der Waals surface area contributed by atoms with E-state index in [0.29, 0.717) is 29.6 Å². The van der Waals surface area contributed by atoms with Crippen molar-refractivity contribution in [2.45, 2.75) is 56.7 Å². The summed E-state index contributed by atoms with van der Waals surface area (Å²) in [5, 5.41) is 19.1. The van der Waals surface area contributed by atoms with Gasteiger partial charge < -0.3 is 14.9 Å². The molecule has 0 spiro atoms. The maximum atomic E-state index is 11.7. The van der Waals surface area contributed by atoms with Crippen LogP contribution in [0.2, 0.25) is 0 Å². The predicted octanol–water partition coefficient (Wildman–Crippen LogP) is 3.58. The zero-order valence-electron chi connectivity index (χ0n) is 14.2. The Labute approximate surface area is 143 Å². The fourth-order valence-corrected chi connectivity index (χ4v) is 4.96. The minimum atomic E-state index is -0.570. The molecule has 0 aromatic heterocycles. The first-order valence-electron chi connectivity index (χ1n) is 8.64. The molecule has 4 bridgehead atoms. The molecule has 1 aromatic rings. The number of rotatable bonds is 2. The summed E-state index contributed by atoms with van der Waals surface area (Å²) < 4.78 is 5.68. The number of aliphatic hydroxyl groups is 1. The Bertz CT molecular complexity index is 608. The second-order valence-electron chi connectivity index (χ2n) is 7.87. The summed E-state index contributed by atoms with van der Waals surface area (Å²) in [6, 6.07) is 8.71. The number of esters is 1. The highest BCUT2D eigenvalue weighted by Gasteiger charge is 2.59. The standard InChI is InChI=1S/C14H20O3.C6H6O/c1-9(2)12(15)17-14-6-10-3-11(7-14)5-13(16,4-10)8-14;7-6-4-2-1-3-5-6/h10-11,16H,1,3-8H2,2H3;1-5,7H. The lowest BCUT2D eigenvalue weighted by Crippen LogP contribution is -2.60. The smallest absolute Gasteiger partial charge is 0.333 e. The van der Waals surface area contributed by atoms with Crippen molar-refractivity contribution in [3.8, 4) is 5.75 Å². The van der Waals surface area contributed by atoms with Gasteiger partial charge in [0.05, 0.1) is 5.60 Å². The molecule has 1 aromatic carbocycles. The van der Waals surface area contributed by atoms with Crippen LogP contribution in [0.4, 0.5) is 0 Å². The maximum Gasteiger partial charge on any atom is 0.333 e. The number of carbonyl (C=O) groups is 1. The number of hydrogen-bond acceptors (Lipinski definition) is 4. The van der Waals surface area contributed by atoms with Gasteiger partial charge >= 0.3 is 5.97 Å². The van der Waals surface area contributed by atoms with E-state index in [-0.39, 0.29) is 5.97 Å². The second-order valence-corrected chi connectivity index (χ2v) is 7.87. The molecular weight excluding hydrogens is 304 g/mol. The van der Waals surface area contributed by atoms with E-state index in [1.807, 2.05) is 6.07 Å². The van der Waals surface area contributed by atoms with Crippen LogP contribution in [0.5, 0.6) is 5.75 Å². The van der Waals surface area contributed by atoms with Crippen molar-refractivity contribution in [3.63, 3.8) is 0 Å². The highest BCUT2D eigenvalue weighted by molar-refractivity contribution is 5.87. The largest absolute Gasteiger partial charge is 0.508 e. The molecule has 2 N–H and O–H groups in total. The molecule has 2 unspecified atom stereocenters. The van der Waals surface area contributed by atoms with Crippen molar-refractivity contribution in [1.82, 2.24) is 0 Å². The molecule has 4 nitrogen and oxygen atoms in total. The third-order valence-electron chi connectivity index (χ3n) is 5.39. The lowest BCUT2D eigenvalue weighted by Gasteiger charge is -2.59. The summed E-state index contributed by atoms with van der Waals surface area (Å²) in [6.07, 6.45) is 5.50. The van der Waals surface area contributed by atoms with Crippen LogP contribution in [0.1, 0.15) is 45.4 Å². The van der Waals surface area contributed by atoms with Gasteiger partial charge in [-0.25, -0.2) is 4.79 Å². The van der Waals surface area contributed by atoms with Crippen molar-refractivity contribution in [1.29, 1.82) is 0 Å². The summed E-state index contributed by atoms with van der Waals surface area (Å²) in [5.74, 6) is 1.11. The van der Waals surface area contributed by atoms with Crippen LogP contribution >= 0.6 is 0 Å². The van der Waals surface area contributed by atoms with E-state index in [4.69, 9.17) is 9.84 Å². The predicted molar refractivity (Wildman–Crippen MR) is 91.4 cm³/mol. The van der Waals surface area contributed by atoms with Gasteiger partial charge in [0, 0.05) is 12.0 Å². The fraction of sp³-hybridized carbons (Fsp3) is 0.550. The Hall–Kier alpha value is -1.81. The summed E-state index contributed by atoms with van der Waals surface area (Å²) in [7, 11) is 0. The van der Waals surface area contributed by atoms with Gasteiger partial charge in [-0.3, -0.25) is 0 Å². The summed E-state index contributed by atoms with van der Waals surface area (Å²) in [4.78, 5) is 11.7. The number of ether oxygens (including phenoxy) is 1. The first kappa shape index (κ1) is 17.0. The average molecular weight is 330 g/mol. The van der Waals surface area contributed by atoms with E-state index in [1.54, 1.807) is 31.2 Å². The van der Waals surface area contributed by atoms with Gasteiger partial charge in [0.25, 0.3) is 0 Å². The quantitative estimate of drug-likeness (QED) is 0.642. The zero-order valence-corrected chi connectivity index (χ0v) is 14.2. The fourth-order valence-electron chi connectivity index (χ4n) is 4.96. The van der Waals surface area contributed by atoms with E-state index in [1.165, 1.54) is 6.42 Å². The van der Waals surface area contributed by atoms with E-state index >= 15 is 0 Å². The van der Waals surface area contributed by atoms with Gasteiger partial charge in [0.1, 0.15) is 11.4 Å². The molecule has 4 heteroatoms. The second kappa shape index (κ2) is 6.25. The summed E-state index contributed by atoms with van der Waals surface area (Å²) in [5.41, 5.74) is -0.512. The molecule has 0 aliphatic heterocycles. The van der Waals surface area contributed by atoms with Crippen LogP contribution in [0.3, 0.4) is 0 Å². The molecule has 4 fully saturated rings. The number of phenols is 1. The minimum absolute atomic E-state index is 0.296. The molecular formula is C20H26O4. The highest BCUT2D eigenvalue weighted by Crippen LogP contribution is 2.58. The van der Waals surface area contributed by atoms with Gasteiger partial charge in [-0.1, -0.05) is 24.8 Å². The van der Waals surface area contributed by atoms with Crippen LogP contribution in [0.25, 0.3) is 0 Å². The first-order chi connectivity index (χ1) is 11.3. The Morgan fingerprint density at radius 3 is 2.17 bits per heavy atom. The van der Waals surface area contributed by atoms with E-state index in [9.17, 15) is 9.90 Å². The molecule has 0 heterocycles. The van der Waals surface area contributed by atoms with Crippen molar-refractivity contribution in [2.75, 3.05) is 0 Å². The monoisotopic (exact) mass is 330 g/mol. The third-order valence-corrected chi connectivity index (χ3v) is 5.39. The molecule has 2 atom stereocenters. The topological polar surface area (TPSA) is 66.8 Å². The number of phenolic OH excluding ortho intramolecular Hbond substituents is 1. The van der Waals surface area contributed by atoms with E-state index in [2.05, 4.69) is 6.58 Å². The molecule has 4 aliphatic rings. The van der Waals surface area contributed by atoms with Crippen LogP contribution in [0, 0.1) is 11.8 Å². The summed E-state index contributed by atoms with van der Waals surface area (Å²) >= 11 is 0. The molecule has 0 amide bonds. The first-order valence-corrected chi connectivity index (χ1v) is 8.64.